The Morgan fingerprint density at radius 1 is 1.15 bits per heavy atom. The monoisotopic (exact) mass is 367 g/mol. The van der Waals surface area contributed by atoms with Crippen molar-refractivity contribution >= 4 is 23.2 Å². The van der Waals surface area contributed by atoms with Crippen LogP contribution in [0.15, 0.2) is 30.3 Å². The number of aryl methyl sites for hydroxylation is 1. The average molecular weight is 367 g/mol. The quantitative estimate of drug-likeness (QED) is 0.776. The number of amides is 1. The highest BCUT2D eigenvalue weighted by molar-refractivity contribution is 5.92. The van der Waals surface area contributed by atoms with Crippen LogP contribution < -0.4 is 15.5 Å². The van der Waals surface area contributed by atoms with Gasteiger partial charge in [-0.25, -0.2) is 9.97 Å². The van der Waals surface area contributed by atoms with Gasteiger partial charge >= 0.3 is 0 Å². The molecule has 3 rings (SSSR count). The molecule has 2 N–H and O–H groups in total. The van der Waals surface area contributed by atoms with Crippen molar-refractivity contribution in [1.82, 2.24) is 15.3 Å². The first kappa shape index (κ1) is 19.1. The summed E-state index contributed by atoms with van der Waals surface area (Å²) in [5.41, 5.74) is 3.31. The Bertz CT molecular complexity index is 767. The first-order chi connectivity index (χ1) is 13.0. The van der Waals surface area contributed by atoms with Crippen LogP contribution in [0.5, 0.6) is 0 Å². The summed E-state index contributed by atoms with van der Waals surface area (Å²) in [5.74, 6) is 0.838. The summed E-state index contributed by atoms with van der Waals surface area (Å²) < 4.78 is 0. The maximum Gasteiger partial charge on any atom is 0.270 e. The second-order valence-electron chi connectivity index (χ2n) is 7.52. The second-order valence-corrected chi connectivity index (χ2v) is 7.52. The third-order valence-corrected chi connectivity index (χ3v) is 4.69. The van der Waals surface area contributed by atoms with E-state index in [9.17, 15) is 4.79 Å². The smallest absolute Gasteiger partial charge is 0.270 e. The Kier molecular flexibility index (Phi) is 6.27. The van der Waals surface area contributed by atoms with Crippen LogP contribution in [0, 0.1) is 12.8 Å². The molecule has 0 radical (unpaired) electrons. The van der Waals surface area contributed by atoms with Crippen molar-refractivity contribution in [3.63, 3.8) is 0 Å². The highest BCUT2D eigenvalue weighted by Gasteiger charge is 2.13. The van der Waals surface area contributed by atoms with Gasteiger partial charge in [0.05, 0.1) is 0 Å². The molecule has 0 atom stereocenters. The first-order valence-corrected chi connectivity index (χ1v) is 9.77. The van der Waals surface area contributed by atoms with Crippen LogP contribution in [-0.2, 0) is 0 Å². The molecule has 1 aliphatic heterocycles. The lowest BCUT2D eigenvalue weighted by molar-refractivity contribution is 0.0947. The lowest BCUT2D eigenvalue weighted by Gasteiger charge is -2.17. The molecule has 1 amide bonds. The Morgan fingerprint density at radius 3 is 2.52 bits per heavy atom. The number of hydrogen-bond donors (Lipinski definition) is 2. The van der Waals surface area contributed by atoms with Crippen molar-refractivity contribution in [2.24, 2.45) is 5.92 Å². The Labute approximate surface area is 161 Å². The zero-order valence-electron chi connectivity index (χ0n) is 16.5. The molecule has 144 valence electrons. The van der Waals surface area contributed by atoms with E-state index < -0.39 is 0 Å². The maximum absolute atomic E-state index is 12.3. The zero-order valence-corrected chi connectivity index (χ0v) is 16.5. The highest BCUT2D eigenvalue weighted by atomic mass is 16.1. The molecule has 1 aromatic heterocycles. The van der Waals surface area contributed by atoms with Gasteiger partial charge in [0.1, 0.15) is 5.69 Å². The third-order valence-electron chi connectivity index (χ3n) is 4.69. The van der Waals surface area contributed by atoms with Gasteiger partial charge in [0.25, 0.3) is 5.91 Å². The molecule has 1 aliphatic rings. The van der Waals surface area contributed by atoms with Gasteiger partial charge in [-0.2, -0.15) is 0 Å². The van der Waals surface area contributed by atoms with Crippen molar-refractivity contribution in [3.05, 3.63) is 41.7 Å². The first-order valence-electron chi connectivity index (χ1n) is 9.77. The minimum atomic E-state index is -0.159. The van der Waals surface area contributed by atoms with Gasteiger partial charge in [0.2, 0.25) is 5.95 Å². The van der Waals surface area contributed by atoms with Crippen molar-refractivity contribution in [2.75, 3.05) is 29.9 Å². The number of nitrogens with zero attached hydrogens (tertiary/aromatic N) is 3. The molecular formula is C21H29N5O. The largest absolute Gasteiger partial charge is 0.372 e. The van der Waals surface area contributed by atoms with Crippen LogP contribution in [0.4, 0.5) is 17.3 Å². The molecule has 6 nitrogen and oxygen atoms in total. The number of rotatable bonds is 7. The summed E-state index contributed by atoms with van der Waals surface area (Å²) in [5, 5.41) is 6.14. The number of nitrogens with one attached hydrogen (secondary N) is 2. The highest BCUT2D eigenvalue weighted by Crippen LogP contribution is 2.23. The fourth-order valence-corrected chi connectivity index (χ4v) is 3.17. The van der Waals surface area contributed by atoms with Crippen molar-refractivity contribution in [1.29, 1.82) is 0 Å². The molecule has 1 fully saturated rings. The minimum absolute atomic E-state index is 0.159. The molecule has 0 bridgehead atoms. The summed E-state index contributed by atoms with van der Waals surface area (Å²) >= 11 is 0. The molecular weight excluding hydrogens is 338 g/mol. The molecule has 0 saturated carbocycles. The molecule has 0 aliphatic carbocycles. The summed E-state index contributed by atoms with van der Waals surface area (Å²) in [6, 6.07) is 10.0. The number of benzene rings is 1. The predicted molar refractivity (Wildman–Crippen MR) is 110 cm³/mol. The van der Waals surface area contributed by atoms with E-state index in [-0.39, 0.29) is 5.91 Å². The van der Waals surface area contributed by atoms with E-state index in [1.54, 1.807) is 6.07 Å². The molecule has 0 spiro atoms. The van der Waals surface area contributed by atoms with Crippen molar-refractivity contribution in [3.8, 4) is 0 Å². The molecule has 6 heteroatoms. The Hall–Kier alpha value is -2.63. The molecule has 1 saturated heterocycles. The maximum atomic E-state index is 12.3. The fourth-order valence-electron chi connectivity index (χ4n) is 3.17. The lowest BCUT2D eigenvalue weighted by Crippen LogP contribution is -2.26. The summed E-state index contributed by atoms with van der Waals surface area (Å²) in [6.07, 6.45) is 3.47. The van der Waals surface area contributed by atoms with Gasteiger partial charge in [-0.05, 0) is 62.4 Å². The van der Waals surface area contributed by atoms with Crippen LogP contribution in [0.1, 0.15) is 49.3 Å². The predicted octanol–water partition coefficient (Wildman–Crippen LogP) is 3.90. The van der Waals surface area contributed by atoms with Crippen LogP contribution in [0.3, 0.4) is 0 Å². The van der Waals surface area contributed by atoms with Crippen LogP contribution in [0.25, 0.3) is 0 Å². The van der Waals surface area contributed by atoms with Crippen LogP contribution in [-0.4, -0.2) is 35.5 Å². The summed E-state index contributed by atoms with van der Waals surface area (Å²) in [7, 11) is 0. The minimum Gasteiger partial charge on any atom is -0.372 e. The summed E-state index contributed by atoms with van der Waals surface area (Å²) in [6.45, 7) is 9.05. The topological polar surface area (TPSA) is 70.2 Å². The molecule has 0 unspecified atom stereocenters. The van der Waals surface area contributed by atoms with Crippen LogP contribution in [0.2, 0.25) is 0 Å². The van der Waals surface area contributed by atoms with E-state index in [2.05, 4.69) is 51.5 Å². The SMILES string of the molecule is Cc1cc(C(=O)NCCC(C)C)nc(Nc2ccc(N3CCCC3)cc2)n1. The zero-order chi connectivity index (χ0) is 19.2. The number of hydrogen-bond acceptors (Lipinski definition) is 5. The van der Waals surface area contributed by atoms with Gasteiger partial charge in [-0.3, -0.25) is 4.79 Å². The van der Waals surface area contributed by atoms with E-state index in [4.69, 9.17) is 0 Å². The van der Waals surface area contributed by atoms with Gasteiger partial charge in [0, 0.05) is 36.7 Å². The fraction of sp³-hybridized carbons (Fsp3) is 0.476. The van der Waals surface area contributed by atoms with E-state index in [1.165, 1.54) is 18.5 Å². The second kappa shape index (κ2) is 8.84. The van der Waals surface area contributed by atoms with Crippen molar-refractivity contribution in [2.45, 2.75) is 40.0 Å². The number of carbonyl (C=O) groups is 1. The lowest BCUT2D eigenvalue weighted by atomic mass is 10.1. The number of carbonyl (C=O) groups excluding carboxylic acids is 1. The van der Waals surface area contributed by atoms with Gasteiger partial charge in [-0.15, -0.1) is 0 Å². The molecule has 2 heterocycles. The normalized spacial score (nSPS) is 13.9. The molecule has 1 aromatic carbocycles. The number of anilines is 3. The van der Waals surface area contributed by atoms with E-state index >= 15 is 0 Å². The van der Waals surface area contributed by atoms with Gasteiger partial charge in [0.15, 0.2) is 0 Å². The summed E-state index contributed by atoms with van der Waals surface area (Å²) in [4.78, 5) is 23.5. The van der Waals surface area contributed by atoms with Gasteiger partial charge in [-0.1, -0.05) is 13.8 Å². The van der Waals surface area contributed by atoms with E-state index in [0.29, 0.717) is 24.1 Å². The van der Waals surface area contributed by atoms with E-state index in [0.717, 1.165) is 30.9 Å². The van der Waals surface area contributed by atoms with E-state index in [1.807, 2.05) is 19.1 Å². The third kappa shape index (κ3) is 5.42. The Balaban J connectivity index is 1.66. The Morgan fingerprint density at radius 2 is 1.85 bits per heavy atom. The standard InChI is InChI=1S/C21H29N5O/c1-15(2)10-11-22-20(27)19-14-16(3)23-21(25-19)24-17-6-8-18(9-7-17)26-12-4-5-13-26/h6-9,14-15H,4-5,10-13H2,1-3H3,(H,22,27)(H,23,24,25). The number of aromatic nitrogens is 2. The van der Waals surface area contributed by atoms with Gasteiger partial charge < -0.3 is 15.5 Å². The van der Waals surface area contributed by atoms with Crippen LogP contribution >= 0.6 is 0 Å². The molecule has 27 heavy (non-hydrogen) atoms. The van der Waals surface area contributed by atoms with Crippen molar-refractivity contribution < 1.29 is 4.79 Å². The average Bonchev–Trinajstić information content (AvgIpc) is 3.16. The molecule has 2 aromatic rings.